The molecule has 0 spiro atoms. The lowest BCUT2D eigenvalue weighted by Crippen LogP contribution is -2.45. The second-order valence-corrected chi connectivity index (χ2v) is 7.53. The Labute approximate surface area is 174 Å². The highest BCUT2D eigenvalue weighted by Gasteiger charge is 2.51. The molecule has 0 radical (unpaired) electrons. The van der Waals surface area contributed by atoms with Crippen molar-refractivity contribution in [1.82, 2.24) is 10.2 Å². The summed E-state index contributed by atoms with van der Waals surface area (Å²) in [6.07, 6.45) is 3.12. The molecule has 1 aliphatic carbocycles. The lowest BCUT2D eigenvalue weighted by atomic mass is 9.81. The van der Waals surface area contributed by atoms with Gasteiger partial charge in [-0.15, -0.1) is 0 Å². The van der Waals surface area contributed by atoms with Crippen molar-refractivity contribution in [2.45, 2.75) is 38.6 Å². The zero-order valence-corrected chi connectivity index (χ0v) is 17.0. The molecule has 0 aromatic heterocycles. The third-order valence-electron chi connectivity index (χ3n) is 5.61. The number of likely N-dealkylation sites (tertiary alicyclic amines) is 1. The number of amides is 4. The molecule has 4 amide bonds. The number of fused-ring (bicyclic) bond motifs is 1. The molecule has 1 aromatic carbocycles. The van der Waals surface area contributed by atoms with Gasteiger partial charge in [-0.1, -0.05) is 12.8 Å². The highest BCUT2D eigenvalue weighted by atomic mass is 16.5. The van der Waals surface area contributed by atoms with Crippen LogP contribution >= 0.6 is 0 Å². The number of anilines is 1. The van der Waals surface area contributed by atoms with Gasteiger partial charge in [-0.05, 0) is 44.0 Å². The van der Waals surface area contributed by atoms with Crippen LogP contribution in [0.15, 0.2) is 24.3 Å². The Hall–Kier alpha value is -3.23. The van der Waals surface area contributed by atoms with E-state index in [9.17, 15) is 24.0 Å². The van der Waals surface area contributed by atoms with Gasteiger partial charge in [0.25, 0.3) is 11.8 Å². The van der Waals surface area contributed by atoms with Crippen molar-refractivity contribution in [3.05, 3.63) is 29.8 Å². The molecule has 9 heteroatoms. The van der Waals surface area contributed by atoms with Crippen molar-refractivity contribution in [3.63, 3.8) is 0 Å². The van der Waals surface area contributed by atoms with E-state index in [4.69, 9.17) is 4.74 Å². The maximum Gasteiger partial charge on any atom is 0.329 e. The first-order valence-corrected chi connectivity index (χ1v) is 9.99. The Bertz CT molecular complexity index is 842. The van der Waals surface area contributed by atoms with Gasteiger partial charge in [0.1, 0.15) is 6.04 Å². The molecule has 30 heavy (non-hydrogen) atoms. The van der Waals surface area contributed by atoms with Crippen molar-refractivity contribution in [1.29, 1.82) is 0 Å². The first-order chi connectivity index (χ1) is 14.3. The summed E-state index contributed by atoms with van der Waals surface area (Å²) in [4.78, 5) is 62.0. The minimum absolute atomic E-state index is 0.248. The molecule has 0 bridgehead atoms. The molecule has 2 N–H and O–H groups in total. The molecule has 3 rings (SSSR count). The summed E-state index contributed by atoms with van der Waals surface area (Å²) < 4.78 is 5.02. The smallest absolute Gasteiger partial charge is 0.329 e. The van der Waals surface area contributed by atoms with Gasteiger partial charge in [0, 0.05) is 18.3 Å². The van der Waals surface area contributed by atoms with Crippen LogP contribution in [-0.2, 0) is 23.9 Å². The van der Waals surface area contributed by atoms with Crippen LogP contribution in [0.25, 0.3) is 0 Å². The summed E-state index contributed by atoms with van der Waals surface area (Å²) in [6, 6.07) is 5.13. The Kier molecular flexibility index (Phi) is 6.49. The standard InChI is InChI=1S/C21H25N3O6/c1-12(24-19(27)15-5-3-4-6-16(15)20(24)28)21(29)30-11-17(25)23-14-9-7-13(8-10-14)18(26)22-2/h7-10,12,15-16H,3-6,11H2,1-2H3,(H,22,26)(H,23,25)/t12-,15+,16+/m0/s1. The van der Waals surface area contributed by atoms with Gasteiger partial charge < -0.3 is 15.4 Å². The predicted octanol–water partition coefficient (Wildman–Crippen LogP) is 1.09. The maximum absolute atomic E-state index is 12.6. The summed E-state index contributed by atoms with van der Waals surface area (Å²) in [5.41, 5.74) is 0.877. The van der Waals surface area contributed by atoms with Crippen molar-refractivity contribution >= 4 is 35.3 Å². The van der Waals surface area contributed by atoms with E-state index >= 15 is 0 Å². The van der Waals surface area contributed by atoms with Crippen LogP contribution in [0.2, 0.25) is 0 Å². The molecule has 160 valence electrons. The Morgan fingerprint density at radius 1 is 1.07 bits per heavy atom. The van der Waals surface area contributed by atoms with E-state index in [1.807, 2.05) is 0 Å². The fraction of sp³-hybridized carbons (Fsp3) is 0.476. The van der Waals surface area contributed by atoms with Crippen LogP contribution < -0.4 is 10.6 Å². The minimum Gasteiger partial charge on any atom is -0.454 e. The van der Waals surface area contributed by atoms with Gasteiger partial charge in [0.15, 0.2) is 6.61 Å². The fourth-order valence-electron chi connectivity index (χ4n) is 3.98. The normalized spacial score (nSPS) is 21.6. The number of carbonyl (C=O) groups is 5. The Morgan fingerprint density at radius 3 is 2.17 bits per heavy atom. The number of imide groups is 1. The topological polar surface area (TPSA) is 122 Å². The van der Waals surface area contributed by atoms with E-state index in [0.29, 0.717) is 24.1 Å². The lowest BCUT2D eigenvalue weighted by molar-refractivity contribution is -0.159. The number of ether oxygens (including phenoxy) is 1. The SMILES string of the molecule is CNC(=O)c1ccc(NC(=O)COC(=O)[C@H](C)N2C(=O)[C@@H]3CCCC[C@H]3C2=O)cc1. The molecule has 2 aliphatic rings. The summed E-state index contributed by atoms with van der Waals surface area (Å²) in [5.74, 6) is -2.96. The van der Waals surface area contributed by atoms with Gasteiger partial charge >= 0.3 is 5.97 Å². The summed E-state index contributed by atoms with van der Waals surface area (Å²) in [7, 11) is 1.52. The second-order valence-electron chi connectivity index (χ2n) is 7.53. The summed E-state index contributed by atoms with van der Waals surface area (Å²) >= 11 is 0. The number of nitrogens with one attached hydrogen (secondary N) is 2. The molecular formula is C21H25N3O6. The zero-order chi connectivity index (χ0) is 21.8. The molecule has 1 aromatic rings. The molecule has 1 saturated heterocycles. The average molecular weight is 415 g/mol. The van der Waals surface area contributed by atoms with E-state index in [1.54, 1.807) is 24.3 Å². The molecule has 1 aliphatic heterocycles. The van der Waals surface area contributed by atoms with Crippen LogP contribution in [0.3, 0.4) is 0 Å². The molecule has 2 fully saturated rings. The lowest BCUT2D eigenvalue weighted by Gasteiger charge is -2.21. The number of esters is 1. The Morgan fingerprint density at radius 2 is 1.63 bits per heavy atom. The molecule has 1 heterocycles. The number of hydrogen-bond acceptors (Lipinski definition) is 6. The summed E-state index contributed by atoms with van der Waals surface area (Å²) in [5, 5.41) is 5.05. The highest BCUT2D eigenvalue weighted by molar-refractivity contribution is 6.08. The summed E-state index contributed by atoms with van der Waals surface area (Å²) in [6.45, 7) is 0.883. The van der Waals surface area contributed by atoms with Crippen molar-refractivity contribution < 1.29 is 28.7 Å². The average Bonchev–Trinajstić information content (AvgIpc) is 3.02. The third-order valence-corrected chi connectivity index (χ3v) is 5.61. The van der Waals surface area contributed by atoms with E-state index in [2.05, 4.69) is 10.6 Å². The third kappa shape index (κ3) is 4.34. The minimum atomic E-state index is -1.07. The van der Waals surface area contributed by atoms with Gasteiger partial charge in [-0.25, -0.2) is 4.79 Å². The highest BCUT2D eigenvalue weighted by Crippen LogP contribution is 2.38. The first kappa shape index (κ1) is 21.5. The van der Waals surface area contributed by atoms with Crippen LogP contribution in [-0.4, -0.2) is 54.2 Å². The van der Waals surface area contributed by atoms with Gasteiger partial charge in [-0.3, -0.25) is 24.1 Å². The molecule has 9 nitrogen and oxygen atoms in total. The second kappa shape index (κ2) is 9.06. The van der Waals surface area contributed by atoms with Gasteiger partial charge in [0.2, 0.25) is 11.8 Å². The van der Waals surface area contributed by atoms with E-state index in [0.717, 1.165) is 17.7 Å². The number of hydrogen-bond donors (Lipinski definition) is 2. The van der Waals surface area contributed by atoms with Crippen LogP contribution in [0, 0.1) is 11.8 Å². The van der Waals surface area contributed by atoms with E-state index < -0.39 is 24.5 Å². The zero-order valence-electron chi connectivity index (χ0n) is 17.0. The fourth-order valence-corrected chi connectivity index (χ4v) is 3.98. The number of rotatable bonds is 6. The predicted molar refractivity (Wildman–Crippen MR) is 106 cm³/mol. The van der Waals surface area contributed by atoms with Crippen molar-refractivity contribution in [3.8, 4) is 0 Å². The van der Waals surface area contributed by atoms with Crippen LogP contribution in [0.4, 0.5) is 5.69 Å². The van der Waals surface area contributed by atoms with Gasteiger partial charge in [-0.2, -0.15) is 0 Å². The monoisotopic (exact) mass is 415 g/mol. The number of carbonyl (C=O) groups excluding carboxylic acids is 5. The van der Waals surface area contributed by atoms with Gasteiger partial charge in [0.05, 0.1) is 11.8 Å². The largest absolute Gasteiger partial charge is 0.454 e. The van der Waals surface area contributed by atoms with Crippen molar-refractivity contribution in [2.75, 3.05) is 19.0 Å². The molecule has 3 atom stereocenters. The maximum atomic E-state index is 12.6. The number of nitrogens with zero attached hydrogens (tertiary/aromatic N) is 1. The number of benzene rings is 1. The molecular weight excluding hydrogens is 390 g/mol. The van der Waals surface area contributed by atoms with Crippen molar-refractivity contribution in [2.24, 2.45) is 11.8 Å². The quantitative estimate of drug-likeness (QED) is 0.530. The molecule has 0 unspecified atom stereocenters. The van der Waals surface area contributed by atoms with E-state index in [1.165, 1.54) is 14.0 Å². The van der Waals surface area contributed by atoms with E-state index in [-0.39, 0.29) is 29.6 Å². The Balaban J connectivity index is 1.52. The first-order valence-electron chi connectivity index (χ1n) is 9.99. The molecule has 1 saturated carbocycles. The van der Waals surface area contributed by atoms with Crippen LogP contribution in [0.5, 0.6) is 0 Å². The van der Waals surface area contributed by atoms with Crippen LogP contribution in [0.1, 0.15) is 43.0 Å².